The van der Waals surface area contributed by atoms with Crippen molar-refractivity contribution >= 4 is 5.97 Å². The highest BCUT2D eigenvalue weighted by Gasteiger charge is 2.11. The van der Waals surface area contributed by atoms with Crippen LogP contribution in [0.1, 0.15) is 10.4 Å². The molecule has 0 bridgehead atoms. The van der Waals surface area contributed by atoms with Crippen molar-refractivity contribution in [3.8, 4) is 23.1 Å². The van der Waals surface area contributed by atoms with Gasteiger partial charge in [0.2, 0.25) is 5.88 Å². The van der Waals surface area contributed by atoms with Crippen molar-refractivity contribution in [1.29, 1.82) is 0 Å². The number of aromatic nitrogens is 1. The molecule has 0 amide bonds. The highest BCUT2D eigenvalue weighted by Crippen LogP contribution is 2.33. The van der Waals surface area contributed by atoms with Crippen LogP contribution in [0, 0.1) is 0 Å². The Morgan fingerprint density at radius 3 is 2.55 bits per heavy atom. The molecule has 2 rings (SSSR count). The summed E-state index contributed by atoms with van der Waals surface area (Å²) < 4.78 is 15.8. The summed E-state index contributed by atoms with van der Waals surface area (Å²) in [6.07, 6.45) is 1.53. The lowest BCUT2D eigenvalue weighted by molar-refractivity contribution is 0.0696. The molecule has 104 valence electrons. The zero-order valence-corrected chi connectivity index (χ0v) is 11.0. The molecule has 0 saturated carbocycles. The summed E-state index contributed by atoms with van der Waals surface area (Å²) >= 11 is 0. The molecule has 0 atom stereocenters. The zero-order valence-electron chi connectivity index (χ0n) is 11.0. The summed E-state index contributed by atoms with van der Waals surface area (Å²) in [7, 11) is 2.98. The van der Waals surface area contributed by atoms with E-state index in [1.165, 1.54) is 38.6 Å². The third-order valence-corrected chi connectivity index (χ3v) is 2.55. The maximum Gasteiger partial charge on any atom is 0.335 e. The first-order valence-electron chi connectivity index (χ1n) is 5.73. The van der Waals surface area contributed by atoms with Crippen LogP contribution >= 0.6 is 0 Å². The number of ether oxygens (including phenoxy) is 3. The minimum atomic E-state index is -1.04. The molecule has 0 aliphatic carbocycles. The van der Waals surface area contributed by atoms with E-state index in [-0.39, 0.29) is 5.56 Å². The van der Waals surface area contributed by atoms with Crippen LogP contribution in [0.15, 0.2) is 36.5 Å². The second-order valence-corrected chi connectivity index (χ2v) is 3.81. The van der Waals surface area contributed by atoms with Gasteiger partial charge < -0.3 is 19.3 Å². The van der Waals surface area contributed by atoms with Gasteiger partial charge in [-0.2, -0.15) is 0 Å². The van der Waals surface area contributed by atoms with Gasteiger partial charge >= 0.3 is 5.97 Å². The lowest BCUT2D eigenvalue weighted by Gasteiger charge is -2.11. The molecule has 0 unspecified atom stereocenters. The van der Waals surface area contributed by atoms with E-state index in [2.05, 4.69) is 4.98 Å². The Morgan fingerprint density at radius 1 is 1.10 bits per heavy atom. The van der Waals surface area contributed by atoms with Gasteiger partial charge in [0.25, 0.3) is 0 Å². The molecule has 1 heterocycles. The average molecular weight is 275 g/mol. The fourth-order valence-corrected chi connectivity index (χ4v) is 1.58. The van der Waals surface area contributed by atoms with E-state index in [4.69, 9.17) is 19.3 Å². The first kappa shape index (κ1) is 13.7. The van der Waals surface area contributed by atoms with Gasteiger partial charge in [-0.25, -0.2) is 9.78 Å². The molecule has 0 aliphatic heterocycles. The van der Waals surface area contributed by atoms with Crippen LogP contribution in [0.4, 0.5) is 0 Å². The second kappa shape index (κ2) is 5.92. The highest BCUT2D eigenvalue weighted by molar-refractivity contribution is 5.88. The fourth-order valence-electron chi connectivity index (χ4n) is 1.58. The van der Waals surface area contributed by atoms with Crippen LogP contribution in [0.3, 0.4) is 0 Å². The Labute approximate surface area is 115 Å². The molecule has 0 aliphatic rings. The summed E-state index contributed by atoms with van der Waals surface area (Å²) in [5.41, 5.74) is 0.113. The first-order chi connectivity index (χ1) is 9.63. The fraction of sp³-hybridized carbons (Fsp3) is 0.143. The number of carbonyl (C=O) groups is 1. The van der Waals surface area contributed by atoms with Crippen LogP contribution < -0.4 is 14.2 Å². The Hall–Kier alpha value is -2.76. The lowest BCUT2D eigenvalue weighted by Crippen LogP contribution is -1.98. The van der Waals surface area contributed by atoms with E-state index >= 15 is 0 Å². The normalized spacial score (nSPS) is 9.90. The minimum absolute atomic E-state index is 0.113. The Bertz CT molecular complexity index is 627. The topological polar surface area (TPSA) is 77.9 Å². The molecular weight excluding hydrogens is 262 g/mol. The standard InChI is InChI=1S/C14H13NO5/c1-18-11-4-3-9(14(16)17)7-12(11)20-10-5-6-15-13(8-10)19-2/h3-8H,1-2H3,(H,16,17). The van der Waals surface area contributed by atoms with Gasteiger partial charge in [0.15, 0.2) is 11.5 Å². The van der Waals surface area contributed by atoms with E-state index in [9.17, 15) is 4.79 Å². The van der Waals surface area contributed by atoms with Crippen molar-refractivity contribution < 1.29 is 24.1 Å². The van der Waals surface area contributed by atoms with Gasteiger partial charge in [-0.3, -0.25) is 0 Å². The molecule has 6 heteroatoms. The van der Waals surface area contributed by atoms with E-state index in [1.54, 1.807) is 12.1 Å². The predicted octanol–water partition coefficient (Wildman–Crippen LogP) is 2.59. The minimum Gasteiger partial charge on any atom is -0.493 e. The molecule has 1 aromatic heterocycles. The molecule has 0 fully saturated rings. The van der Waals surface area contributed by atoms with Crippen LogP contribution in [0.5, 0.6) is 23.1 Å². The van der Waals surface area contributed by atoms with Gasteiger partial charge in [-0.1, -0.05) is 0 Å². The highest BCUT2D eigenvalue weighted by atomic mass is 16.5. The van der Waals surface area contributed by atoms with Crippen LogP contribution in [-0.4, -0.2) is 30.3 Å². The van der Waals surface area contributed by atoms with Crippen LogP contribution in [-0.2, 0) is 0 Å². The average Bonchev–Trinajstić information content (AvgIpc) is 2.47. The number of hydrogen-bond donors (Lipinski definition) is 1. The van der Waals surface area contributed by atoms with E-state index in [0.29, 0.717) is 23.1 Å². The molecule has 20 heavy (non-hydrogen) atoms. The molecule has 1 N–H and O–H groups in total. The molecular formula is C14H13NO5. The summed E-state index contributed by atoms with van der Waals surface area (Å²) in [4.78, 5) is 14.9. The van der Waals surface area contributed by atoms with Gasteiger partial charge in [0, 0.05) is 12.3 Å². The SMILES string of the molecule is COc1cc(Oc2cc(C(=O)O)ccc2OC)ccn1. The molecule has 1 aromatic carbocycles. The zero-order chi connectivity index (χ0) is 14.5. The Morgan fingerprint density at radius 2 is 1.90 bits per heavy atom. The quantitative estimate of drug-likeness (QED) is 0.903. The molecule has 2 aromatic rings. The maximum atomic E-state index is 11.0. The monoisotopic (exact) mass is 275 g/mol. The van der Waals surface area contributed by atoms with Crippen molar-refractivity contribution in [2.75, 3.05) is 14.2 Å². The summed E-state index contributed by atoms with van der Waals surface area (Å²) in [6, 6.07) is 7.61. The number of pyridine rings is 1. The number of aromatic carboxylic acids is 1. The second-order valence-electron chi connectivity index (χ2n) is 3.81. The van der Waals surface area contributed by atoms with Crippen LogP contribution in [0.2, 0.25) is 0 Å². The third-order valence-electron chi connectivity index (χ3n) is 2.55. The van der Waals surface area contributed by atoms with Crippen molar-refractivity contribution in [3.63, 3.8) is 0 Å². The Balaban J connectivity index is 2.35. The Kier molecular flexibility index (Phi) is 4.05. The van der Waals surface area contributed by atoms with Crippen molar-refractivity contribution in [2.24, 2.45) is 0 Å². The van der Waals surface area contributed by atoms with E-state index in [1.807, 2.05) is 0 Å². The van der Waals surface area contributed by atoms with Crippen molar-refractivity contribution in [1.82, 2.24) is 4.98 Å². The van der Waals surface area contributed by atoms with E-state index in [0.717, 1.165) is 0 Å². The molecule has 6 nitrogen and oxygen atoms in total. The summed E-state index contributed by atoms with van der Waals surface area (Å²) in [5.74, 6) is 0.574. The predicted molar refractivity (Wildman–Crippen MR) is 70.8 cm³/mol. The smallest absolute Gasteiger partial charge is 0.335 e. The molecule has 0 spiro atoms. The number of carboxylic acids is 1. The first-order valence-corrected chi connectivity index (χ1v) is 5.73. The summed E-state index contributed by atoms with van der Waals surface area (Å²) in [6.45, 7) is 0. The van der Waals surface area contributed by atoms with Gasteiger partial charge in [0.05, 0.1) is 19.8 Å². The van der Waals surface area contributed by atoms with Crippen LogP contribution in [0.25, 0.3) is 0 Å². The van der Waals surface area contributed by atoms with Crippen molar-refractivity contribution in [2.45, 2.75) is 0 Å². The number of rotatable bonds is 5. The van der Waals surface area contributed by atoms with Gasteiger partial charge in [0.1, 0.15) is 5.75 Å². The number of benzene rings is 1. The molecule has 0 radical (unpaired) electrons. The lowest BCUT2D eigenvalue weighted by atomic mass is 10.2. The largest absolute Gasteiger partial charge is 0.493 e. The summed E-state index contributed by atoms with van der Waals surface area (Å²) in [5, 5.41) is 8.99. The van der Waals surface area contributed by atoms with Crippen molar-refractivity contribution in [3.05, 3.63) is 42.1 Å². The van der Waals surface area contributed by atoms with E-state index < -0.39 is 5.97 Å². The maximum absolute atomic E-state index is 11.0. The number of carboxylic acid groups (broad SMARTS) is 1. The number of methoxy groups -OCH3 is 2. The number of hydrogen-bond acceptors (Lipinski definition) is 5. The molecule has 0 saturated heterocycles. The van der Waals surface area contributed by atoms with Gasteiger partial charge in [-0.15, -0.1) is 0 Å². The number of nitrogens with zero attached hydrogens (tertiary/aromatic N) is 1. The third kappa shape index (κ3) is 2.97. The van der Waals surface area contributed by atoms with Gasteiger partial charge in [-0.05, 0) is 24.3 Å².